The van der Waals surface area contributed by atoms with Gasteiger partial charge in [0.05, 0.1) is 18.6 Å². The Kier molecular flexibility index (Phi) is 9.07. The zero-order chi connectivity index (χ0) is 33.5. The standard InChI is InChI=1S/C27H34FN3O14/c1-24-6-5-15(32)7-14(24)3-4-17-18-9-19(33)27(38,25(18,2)10-20(34)26(17,24)28)21(35)13-43-23(37)11-29-22(36)8-16(45-31(41)42)12-44-30(39)40/h3,5-6,16-20,33-34,38H,4,7-13H2,1-2H3,(H,29,36)/t16?,17-,18-,19+,20-,24-,25-,26-,27-/m0/s1. The third-order valence-corrected chi connectivity index (χ3v) is 10.1. The summed E-state index contributed by atoms with van der Waals surface area (Å²) in [6.45, 7) is 0.208. The van der Waals surface area contributed by atoms with Crippen LogP contribution in [0.4, 0.5) is 4.39 Å². The molecule has 17 nitrogen and oxygen atoms in total. The first-order valence-corrected chi connectivity index (χ1v) is 14.1. The van der Waals surface area contributed by atoms with Crippen molar-refractivity contribution >= 4 is 23.4 Å². The lowest BCUT2D eigenvalue weighted by Crippen LogP contribution is -2.69. The van der Waals surface area contributed by atoms with E-state index in [-0.39, 0.29) is 25.0 Å². The highest BCUT2D eigenvalue weighted by Crippen LogP contribution is 2.69. The highest BCUT2D eigenvalue weighted by atomic mass is 19.1. The average Bonchev–Trinajstić information content (AvgIpc) is 3.15. The number of aliphatic hydroxyl groups is 3. The average molecular weight is 644 g/mol. The van der Waals surface area contributed by atoms with Crippen molar-refractivity contribution in [3.05, 3.63) is 44.0 Å². The number of amides is 1. The number of nitrogens with one attached hydrogen (secondary N) is 1. The number of fused-ring (bicyclic) bond motifs is 5. The molecule has 2 fully saturated rings. The van der Waals surface area contributed by atoms with Crippen LogP contribution in [0, 0.1) is 42.9 Å². The summed E-state index contributed by atoms with van der Waals surface area (Å²) in [7, 11) is 0. The largest absolute Gasteiger partial charge is 0.456 e. The fourth-order valence-corrected chi connectivity index (χ4v) is 7.78. The Hall–Kier alpha value is -4.03. The number of carbonyl (C=O) groups is 4. The lowest BCUT2D eigenvalue weighted by atomic mass is 9.45. The second kappa shape index (κ2) is 12.1. The van der Waals surface area contributed by atoms with Crippen molar-refractivity contribution in [1.29, 1.82) is 0 Å². The number of carbonyl (C=O) groups excluding carboxylic acids is 4. The smallest absolute Gasteiger partial charge is 0.325 e. The van der Waals surface area contributed by atoms with Crippen LogP contribution < -0.4 is 5.32 Å². The monoisotopic (exact) mass is 643 g/mol. The summed E-state index contributed by atoms with van der Waals surface area (Å²) < 4.78 is 22.1. The van der Waals surface area contributed by atoms with Gasteiger partial charge in [0, 0.05) is 23.2 Å². The summed E-state index contributed by atoms with van der Waals surface area (Å²) in [6, 6.07) is 0. The molecule has 0 aliphatic heterocycles. The fraction of sp³-hybridized carbons (Fsp3) is 0.704. The number of hydrogen-bond acceptors (Lipinski definition) is 14. The minimum absolute atomic E-state index is 0.000169. The van der Waals surface area contributed by atoms with E-state index in [1.807, 2.05) is 5.32 Å². The van der Waals surface area contributed by atoms with E-state index in [1.165, 1.54) is 19.1 Å². The van der Waals surface area contributed by atoms with Crippen LogP contribution >= 0.6 is 0 Å². The van der Waals surface area contributed by atoms with Crippen LogP contribution in [-0.2, 0) is 33.6 Å². The summed E-state index contributed by atoms with van der Waals surface area (Å²) in [5.41, 5.74) is -7.15. The van der Waals surface area contributed by atoms with E-state index < -0.39 is 113 Å². The molecule has 0 saturated heterocycles. The number of allylic oxidation sites excluding steroid dienone is 4. The Morgan fingerprint density at radius 1 is 1.16 bits per heavy atom. The summed E-state index contributed by atoms with van der Waals surface area (Å²) in [5, 5.41) is 54.4. The van der Waals surface area contributed by atoms with Crippen LogP contribution in [0.5, 0.6) is 0 Å². The number of alkyl halides is 1. The molecule has 9 atom stereocenters. The summed E-state index contributed by atoms with van der Waals surface area (Å²) in [4.78, 5) is 78.6. The van der Waals surface area contributed by atoms with E-state index in [1.54, 1.807) is 13.0 Å². The predicted molar refractivity (Wildman–Crippen MR) is 143 cm³/mol. The molecule has 4 aliphatic carbocycles. The molecule has 0 aromatic rings. The van der Waals surface area contributed by atoms with Crippen molar-refractivity contribution in [2.45, 2.75) is 75.5 Å². The Morgan fingerprint density at radius 2 is 1.84 bits per heavy atom. The van der Waals surface area contributed by atoms with Crippen LogP contribution in [0.1, 0.15) is 46.0 Å². The number of ketones is 2. The Labute approximate surface area is 254 Å². The topological polar surface area (TPSA) is 255 Å². The van der Waals surface area contributed by atoms with Gasteiger partial charge in [0.15, 0.2) is 23.7 Å². The lowest BCUT2D eigenvalue weighted by Gasteiger charge is -2.61. The van der Waals surface area contributed by atoms with Crippen molar-refractivity contribution in [3.63, 3.8) is 0 Å². The maximum atomic E-state index is 17.2. The van der Waals surface area contributed by atoms with E-state index >= 15 is 4.39 Å². The summed E-state index contributed by atoms with van der Waals surface area (Å²) in [6.07, 6.45) is -1.94. The van der Waals surface area contributed by atoms with Gasteiger partial charge in [-0.15, -0.1) is 20.2 Å². The number of rotatable bonds is 12. The molecule has 248 valence electrons. The van der Waals surface area contributed by atoms with Gasteiger partial charge in [0.25, 0.3) is 10.2 Å². The molecular formula is C27H34FN3O14. The van der Waals surface area contributed by atoms with Crippen molar-refractivity contribution in [3.8, 4) is 0 Å². The molecule has 45 heavy (non-hydrogen) atoms. The molecule has 4 aliphatic rings. The minimum Gasteiger partial charge on any atom is -0.456 e. The molecule has 0 heterocycles. The molecular weight excluding hydrogens is 609 g/mol. The highest BCUT2D eigenvalue weighted by Gasteiger charge is 2.76. The second-order valence-electron chi connectivity index (χ2n) is 12.3. The Balaban J connectivity index is 1.41. The van der Waals surface area contributed by atoms with Gasteiger partial charge in [-0.2, -0.15) is 0 Å². The van der Waals surface area contributed by atoms with Gasteiger partial charge in [0.1, 0.15) is 19.3 Å². The first-order valence-electron chi connectivity index (χ1n) is 14.1. The summed E-state index contributed by atoms with van der Waals surface area (Å²) >= 11 is 0. The second-order valence-corrected chi connectivity index (χ2v) is 12.3. The number of esters is 1. The fourth-order valence-electron chi connectivity index (χ4n) is 7.78. The molecule has 0 bridgehead atoms. The van der Waals surface area contributed by atoms with Crippen molar-refractivity contribution in [1.82, 2.24) is 5.32 Å². The van der Waals surface area contributed by atoms with E-state index in [0.29, 0.717) is 5.57 Å². The third kappa shape index (κ3) is 5.65. The van der Waals surface area contributed by atoms with Gasteiger partial charge < -0.3 is 35.0 Å². The van der Waals surface area contributed by atoms with Crippen molar-refractivity contribution in [2.24, 2.45) is 22.7 Å². The maximum absolute atomic E-state index is 17.2. The molecule has 4 N–H and O–H groups in total. The van der Waals surface area contributed by atoms with Crippen LogP contribution in [0.25, 0.3) is 0 Å². The van der Waals surface area contributed by atoms with E-state index in [9.17, 15) is 54.7 Å². The zero-order valence-electron chi connectivity index (χ0n) is 24.4. The number of ether oxygens (including phenoxy) is 1. The van der Waals surface area contributed by atoms with Crippen LogP contribution in [0.3, 0.4) is 0 Å². The molecule has 1 unspecified atom stereocenters. The number of hydrogen-bond donors (Lipinski definition) is 4. The van der Waals surface area contributed by atoms with Gasteiger partial charge in [-0.25, -0.2) is 4.39 Å². The van der Waals surface area contributed by atoms with Gasteiger partial charge in [-0.05, 0) is 38.2 Å². The van der Waals surface area contributed by atoms with E-state index in [4.69, 9.17) is 4.74 Å². The first kappa shape index (κ1) is 33.9. The SMILES string of the molecule is C[C@]12C=CC(=O)CC1=CC[C@H]1[C@@H]3C[C@@H](O)[C@](O)(C(=O)COC(=O)CNC(=O)CC(CO[N+](=O)[O-])O[N+](=O)[O-])[C@@]3(C)C[C@H](O)[C@@]12F. The quantitative estimate of drug-likeness (QED) is 0.0902. The van der Waals surface area contributed by atoms with E-state index in [0.717, 1.165) is 0 Å². The first-order chi connectivity index (χ1) is 20.9. The van der Waals surface area contributed by atoms with Crippen molar-refractivity contribution < 1.29 is 63.5 Å². The van der Waals surface area contributed by atoms with E-state index in [2.05, 4.69) is 9.68 Å². The number of Topliss-reactive ketones (excluding diaryl/α,β-unsaturated/α-hetero) is 1. The number of aliphatic hydroxyl groups excluding tert-OH is 2. The predicted octanol–water partition coefficient (Wildman–Crippen LogP) is -0.537. The molecule has 2 saturated carbocycles. The van der Waals surface area contributed by atoms with Gasteiger partial charge in [0.2, 0.25) is 11.7 Å². The number of nitrogens with zero attached hydrogens (tertiary/aromatic N) is 2. The highest BCUT2D eigenvalue weighted by molar-refractivity contribution is 5.94. The Morgan fingerprint density at radius 3 is 2.49 bits per heavy atom. The summed E-state index contributed by atoms with van der Waals surface area (Å²) in [5.74, 6) is -5.23. The van der Waals surface area contributed by atoms with Crippen molar-refractivity contribution in [2.75, 3.05) is 19.8 Å². The maximum Gasteiger partial charge on any atom is 0.325 e. The normalized spacial score (nSPS) is 37.2. The molecule has 0 aromatic heterocycles. The lowest BCUT2D eigenvalue weighted by molar-refractivity contribution is -0.789. The molecule has 0 radical (unpaired) electrons. The molecule has 18 heteroatoms. The molecule has 0 spiro atoms. The molecule has 0 aromatic carbocycles. The van der Waals surface area contributed by atoms with Crippen LogP contribution in [0.15, 0.2) is 23.8 Å². The van der Waals surface area contributed by atoms with Gasteiger partial charge in [-0.3, -0.25) is 19.2 Å². The minimum atomic E-state index is -2.54. The zero-order valence-corrected chi connectivity index (χ0v) is 24.4. The molecule has 1 amide bonds. The third-order valence-electron chi connectivity index (χ3n) is 10.1. The van der Waals surface area contributed by atoms with Gasteiger partial charge in [-0.1, -0.05) is 24.6 Å². The molecule has 4 rings (SSSR count). The van der Waals surface area contributed by atoms with Gasteiger partial charge >= 0.3 is 5.97 Å². The van der Waals surface area contributed by atoms with Crippen LogP contribution in [-0.4, -0.2) is 98.3 Å². The van der Waals surface area contributed by atoms with Crippen LogP contribution in [0.2, 0.25) is 0 Å². The Bertz CT molecular complexity index is 1360. The number of halogens is 1.